The minimum atomic E-state index is -0.290. The molecule has 0 unspecified atom stereocenters. The third kappa shape index (κ3) is 4.66. The molecule has 21 heavy (non-hydrogen) atoms. The second-order valence-corrected chi connectivity index (χ2v) is 7.15. The summed E-state index contributed by atoms with van der Waals surface area (Å²) < 4.78 is 0.803. The molecule has 1 aliphatic carbocycles. The maximum atomic E-state index is 12.2. The number of carbonyl (C=O) groups is 1. The Morgan fingerprint density at radius 1 is 1.38 bits per heavy atom. The van der Waals surface area contributed by atoms with Crippen molar-refractivity contribution >= 4 is 50.8 Å². The van der Waals surface area contributed by atoms with E-state index in [4.69, 9.17) is 23.8 Å². The van der Waals surface area contributed by atoms with Crippen LogP contribution in [0.15, 0.2) is 22.7 Å². The summed E-state index contributed by atoms with van der Waals surface area (Å²) in [5, 5.41) is 6.73. The number of amides is 1. The lowest BCUT2D eigenvalue weighted by Gasteiger charge is -2.30. The second kappa shape index (κ2) is 7.56. The topological polar surface area (TPSA) is 41.1 Å². The first-order valence-corrected chi connectivity index (χ1v) is 8.62. The standard InChI is InChI=1S/C15H18BrClN2OS/c1-9-4-2-3-5-13(9)18-15(21)19-14(20)11-8-10(16)6-7-12(11)17/h6-9,13H,2-5H2,1H3,(H2,18,19,20,21)/t9-,13+/m0/s1. The predicted octanol–water partition coefficient (Wildman–Crippen LogP) is 4.29. The molecule has 3 nitrogen and oxygen atoms in total. The predicted molar refractivity (Wildman–Crippen MR) is 93.8 cm³/mol. The molecule has 114 valence electrons. The number of thiocarbonyl (C=S) groups is 1. The molecule has 1 saturated carbocycles. The minimum Gasteiger partial charge on any atom is -0.359 e. The molecule has 1 fully saturated rings. The van der Waals surface area contributed by atoms with Gasteiger partial charge in [-0.3, -0.25) is 10.1 Å². The summed E-state index contributed by atoms with van der Waals surface area (Å²) in [5.74, 6) is 0.283. The molecular formula is C15H18BrClN2OS. The SMILES string of the molecule is C[C@H]1CCCC[C@H]1NC(=S)NC(=O)c1cc(Br)ccc1Cl. The van der Waals surface area contributed by atoms with Gasteiger partial charge in [-0.1, -0.05) is 47.3 Å². The summed E-state index contributed by atoms with van der Waals surface area (Å²) in [4.78, 5) is 12.2. The summed E-state index contributed by atoms with van der Waals surface area (Å²) in [6, 6.07) is 5.49. The van der Waals surface area contributed by atoms with Gasteiger partial charge in [0.25, 0.3) is 5.91 Å². The largest absolute Gasteiger partial charge is 0.359 e. The van der Waals surface area contributed by atoms with E-state index in [1.165, 1.54) is 19.3 Å². The molecule has 0 aliphatic heterocycles. The fraction of sp³-hybridized carbons (Fsp3) is 0.467. The Kier molecular flexibility index (Phi) is 6.02. The number of rotatable bonds is 2. The van der Waals surface area contributed by atoms with Gasteiger partial charge in [0.15, 0.2) is 5.11 Å². The molecule has 2 atom stereocenters. The van der Waals surface area contributed by atoms with Crippen molar-refractivity contribution in [1.29, 1.82) is 0 Å². The van der Waals surface area contributed by atoms with E-state index in [9.17, 15) is 4.79 Å². The van der Waals surface area contributed by atoms with Crippen LogP contribution in [0.5, 0.6) is 0 Å². The Balaban J connectivity index is 1.95. The van der Waals surface area contributed by atoms with Crippen molar-refractivity contribution in [3.63, 3.8) is 0 Å². The van der Waals surface area contributed by atoms with E-state index in [-0.39, 0.29) is 5.91 Å². The Bertz CT molecular complexity index is 552. The Morgan fingerprint density at radius 3 is 2.81 bits per heavy atom. The zero-order valence-corrected chi connectivity index (χ0v) is 14.9. The van der Waals surface area contributed by atoms with Crippen LogP contribution in [-0.4, -0.2) is 17.1 Å². The lowest BCUT2D eigenvalue weighted by atomic mass is 9.86. The zero-order valence-electron chi connectivity index (χ0n) is 11.8. The van der Waals surface area contributed by atoms with Crippen molar-refractivity contribution < 1.29 is 4.79 Å². The second-order valence-electron chi connectivity index (χ2n) is 5.42. The van der Waals surface area contributed by atoms with E-state index in [1.807, 2.05) is 0 Å². The summed E-state index contributed by atoms with van der Waals surface area (Å²) in [6.45, 7) is 2.21. The van der Waals surface area contributed by atoms with Gasteiger partial charge >= 0.3 is 0 Å². The van der Waals surface area contributed by atoms with Crippen LogP contribution in [0.4, 0.5) is 0 Å². The van der Waals surface area contributed by atoms with Crippen LogP contribution in [0, 0.1) is 5.92 Å². The van der Waals surface area contributed by atoms with Crippen molar-refractivity contribution in [2.75, 3.05) is 0 Å². The lowest BCUT2D eigenvalue weighted by molar-refractivity contribution is 0.0976. The van der Waals surface area contributed by atoms with Gasteiger partial charge < -0.3 is 5.32 Å². The van der Waals surface area contributed by atoms with Gasteiger partial charge in [0.1, 0.15) is 0 Å². The van der Waals surface area contributed by atoms with Crippen LogP contribution in [0.3, 0.4) is 0 Å². The van der Waals surface area contributed by atoms with E-state index in [0.717, 1.165) is 10.9 Å². The molecule has 2 rings (SSSR count). The molecule has 0 radical (unpaired) electrons. The average Bonchev–Trinajstić information content (AvgIpc) is 2.44. The van der Waals surface area contributed by atoms with Crippen LogP contribution in [0.1, 0.15) is 43.0 Å². The van der Waals surface area contributed by atoms with E-state index in [1.54, 1.807) is 18.2 Å². The number of carbonyl (C=O) groups excluding carboxylic acids is 1. The van der Waals surface area contributed by atoms with Crippen molar-refractivity contribution in [2.24, 2.45) is 5.92 Å². The molecule has 1 aromatic rings. The van der Waals surface area contributed by atoms with Crippen LogP contribution >= 0.6 is 39.7 Å². The molecule has 0 heterocycles. The number of nitrogens with one attached hydrogen (secondary N) is 2. The van der Waals surface area contributed by atoms with Crippen molar-refractivity contribution in [3.8, 4) is 0 Å². The van der Waals surface area contributed by atoms with Crippen LogP contribution in [-0.2, 0) is 0 Å². The fourth-order valence-corrected chi connectivity index (χ4v) is 3.39. The first-order valence-electron chi connectivity index (χ1n) is 7.04. The lowest BCUT2D eigenvalue weighted by Crippen LogP contribution is -2.47. The maximum Gasteiger partial charge on any atom is 0.258 e. The minimum absolute atomic E-state index is 0.290. The highest BCUT2D eigenvalue weighted by Crippen LogP contribution is 2.24. The van der Waals surface area contributed by atoms with E-state index < -0.39 is 0 Å². The Hall–Kier alpha value is -0.650. The number of hydrogen-bond donors (Lipinski definition) is 2. The van der Waals surface area contributed by atoms with E-state index in [2.05, 4.69) is 33.5 Å². The molecule has 2 N–H and O–H groups in total. The first-order chi connectivity index (χ1) is 9.97. The maximum absolute atomic E-state index is 12.2. The smallest absolute Gasteiger partial charge is 0.258 e. The number of benzene rings is 1. The molecule has 0 spiro atoms. The summed E-state index contributed by atoms with van der Waals surface area (Å²) in [7, 11) is 0. The van der Waals surface area contributed by atoms with Crippen LogP contribution < -0.4 is 10.6 Å². The zero-order chi connectivity index (χ0) is 15.4. The number of hydrogen-bond acceptors (Lipinski definition) is 2. The van der Waals surface area contributed by atoms with Gasteiger partial charge in [0.05, 0.1) is 10.6 Å². The first kappa shape index (κ1) is 16.7. The molecular weight excluding hydrogens is 372 g/mol. The monoisotopic (exact) mass is 388 g/mol. The van der Waals surface area contributed by atoms with Gasteiger partial charge in [-0.15, -0.1) is 0 Å². The molecule has 0 aromatic heterocycles. The molecule has 0 bridgehead atoms. The Morgan fingerprint density at radius 2 is 2.10 bits per heavy atom. The third-order valence-electron chi connectivity index (χ3n) is 3.83. The molecule has 1 aliphatic rings. The van der Waals surface area contributed by atoms with Gasteiger partial charge in [-0.2, -0.15) is 0 Å². The highest BCUT2D eigenvalue weighted by atomic mass is 79.9. The molecule has 0 saturated heterocycles. The van der Waals surface area contributed by atoms with Crippen molar-refractivity contribution in [3.05, 3.63) is 33.3 Å². The molecule has 6 heteroatoms. The highest BCUT2D eigenvalue weighted by Gasteiger charge is 2.22. The van der Waals surface area contributed by atoms with Gasteiger partial charge in [-0.25, -0.2) is 0 Å². The third-order valence-corrected chi connectivity index (χ3v) is 4.87. The van der Waals surface area contributed by atoms with E-state index in [0.29, 0.717) is 27.7 Å². The van der Waals surface area contributed by atoms with Gasteiger partial charge in [0.2, 0.25) is 0 Å². The fourth-order valence-electron chi connectivity index (χ4n) is 2.58. The summed E-state index contributed by atoms with van der Waals surface area (Å²) in [5.41, 5.74) is 0.409. The Labute approximate surface area is 144 Å². The molecule has 1 aromatic carbocycles. The normalized spacial score (nSPS) is 21.7. The molecule has 1 amide bonds. The van der Waals surface area contributed by atoms with Crippen LogP contribution in [0.25, 0.3) is 0 Å². The van der Waals surface area contributed by atoms with Gasteiger partial charge in [0, 0.05) is 10.5 Å². The van der Waals surface area contributed by atoms with Crippen molar-refractivity contribution in [1.82, 2.24) is 10.6 Å². The van der Waals surface area contributed by atoms with Crippen LogP contribution in [0.2, 0.25) is 5.02 Å². The van der Waals surface area contributed by atoms with Gasteiger partial charge in [-0.05, 0) is 49.2 Å². The highest BCUT2D eigenvalue weighted by molar-refractivity contribution is 9.10. The van der Waals surface area contributed by atoms with E-state index >= 15 is 0 Å². The summed E-state index contributed by atoms with van der Waals surface area (Å²) >= 11 is 14.6. The summed E-state index contributed by atoms with van der Waals surface area (Å²) in [6.07, 6.45) is 4.77. The quantitative estimate of drug-likeness (QED) is 0.742. The van der Waals surface area contributed by atoms with Crippen molar-refractivity contribution in [2.45, 2.75) is 38.6 Å². The number of halogens is 2. The average molecular weight is 390 g/mol.